The lowest BCUT2D eigenvalue weighted by Crippen LogP contribution is -2.61. The molecule has 0 saturated heterocycles. The number of nitrogens with zero attached hydrogens (tertiary/aromatic N) is 1. The molecule has 1 fully saturated rings. The molecule has 29 heavy (non-hydrogen) atoms. The van der Waals surface area contributed by atoms with Crippen molar-refractivity contribution in [2.75, 3.05) is 22.6 Å². The van der Waals surface area contributed by atoms with Crippen molar-refractivity contribution in [2.45, 2.75) is 37.6 Å². The van der Waals surface area contributed by atoms with E-state index >= 15 is 0 Å². The lowest BCUT2D eigenvalue weighted by molar-refractivity contribution is -0.148. The van der Waals surface area contributed by atoms with Gasteiger partial charge >= 0.3 is 5.97 Å². The monoisotopic (exact) mass is 418 g/mol. The third kappa shape index (κ3) is 3.66. The maximum absolute atomic E-state index is 13.1. The zero-order valence-electron chi connectivity index (χ0n) is 15.8. The number of benzene rings is 1. The lowest BCUT2D eigenvalue weighted by atomic mass is 9.90. The number of nitrogens with one attached hydrogen (secondary N) is 1. The molecule has 0 radical (unpaired) electrons. The molecular formula is C20H22N2O6S. The predicted octanol–water partition coefficient (Wildman–Crippen LogP) is 1.78. The molecule has 1 unspecified atom stereocenters. The summed E-state index contributed by atoms with van der Waals surface area (Å²) in [4.78, 5) is 39.5. The highest BCUT2D eigenvalue weighted by Crippen LogP contribution is 2.45. The number of hydrogen-bond acceptors (Lipinski definition) is 6. The van der Waals surface area contributed by atoms with Crippen molar-refractivity contribution in [1.29, 1.82) is 0 Å². The highest BCUT2D eigenvalue weighted by molar-refractivity contribution is 7.94. The van der Waals surface area contributed by atoms with Crippen LogP contribution in [0.3, 0.4) is 0 Å². The Labute approximate surface area is 168 Å². The van der Waals surface area contributed by atoms with Gasteiger partial charge in [0.1, 0.15) is 5.54 Å². The van der Waals surface area contributed by atoms with Gasteiger partial charge in [-0.1, -0.05) is 31.1 Å². The number of rotatable bonds is 4. The molecule has 1 saturated carbocycles. The molecule has 0 bridgehead atoms. The van der Waals surface area contributed by atoms with Crippen LogP contribution < -0.4 is 10.2 Å². The Morgan fingerprint density at radius 2 is 1.93 bits per heavy atom. The van der Waals surface area contributed by atoms with Crippen LogP contribution in [0.1, 0.15) is 32.1 Å². The molecular weight excluding hydrogens is 396 g/mol. The fourth-order valence-electron chi connectivity index (χ4n) is 4.38. The number of sulfone groups is 1. The van der Waals surface area contributed by atoms with E-state index in [1.54, 1.807) is 24.3 Å². The summed E-state index contributed by atoms with van der Waals surface area (Å²) in [6.07, 6.45) is 4.14. The van der Waals surface area contributed by atoms with Crippen molar-refractivity contribution in [1.82, 2.24) is 0 Å². The van der Waals surface area contributed by atoms with Gasteiger partial charge in [0, 0.05) is 11.3 Å². The van der Waals surface area contributed by atoms with Gasteiger partial charge in [-0.05, 0) is 25.0 Å². The molecule has 2 amide bonds. The largest absolute Gasteiger partial charge is 0.456 e. The Morgan fingerprint density at radius 1 is 1.21 bits per heavy atom. The molecule has 2 heterocycles. The van der Waals surface area contributed by atoms with Gasteiger partial charge in [0.2, 0.25) is 0 Å². The standard InChI is InChI=1S/C20H22N2O6S/c23-17(12-28-18(24)11-14-7-10-29(26,27)13-14)22-16-6-2-1-5-15(16)21-19(25)20(22)8-3-4-9-20/h1-2,5-7,10,14H,3-4,8-9,11-13H2,(H,21,25). The van der Waals surface area contributed by atoms with E-state index in [0.717, 1.165) is 18.2 Å². The zero-order chi connectivity index (χ0) is 20.6. The van der Waals surface area contributed by atoms with Crippen LogP contribution in [-0.2, 0) is 29.0 Å². The van der Waals surface area contributed by atoms with E-state index in [4.69, 9.17) is 4.74 Å². The summed E-state index contributed by atoms with van der Waals surface area (Å²) in [5, 5.41) is 3.99. The van der Waals surface area contributed by atoms with Gasteiger partial charge in [-0.2, -0.15) is 0 Å². The van der Waals surface area contributed by atoms with E-state index in [0.29, 0.717) is 24.2 Å². The summed E-state index contributed by atoms with van der Waals surface area (Å²) < 4.78 is 28.0. The topological polar surface area (TPSA) is 110 Å². The SMILES string of the molecule is O=C(CC1C=CS(=O)(=O)C1)OCC(=O)N1c2ccccc2NC(=O)C12CCCC2. The maximum atomic E-state index is 13.1. The van der Waals surface area contributed by atoms with E-state index in [2.05, 4.69) is 5.32 Å². The highest BCUT2D eigenvalue weighted by Gasteiger charge is 2.52. The Morgan fingerprint density at radius 3 is 2.62 bits per heavy atom. The van der Waals surface area contributed by atoms with E-state index in [-0.39, 0.29) is 18.1 Å². The van der Waals surface area contributed by atoms with E-state index in [1.165, 1.54) is 11.0 Å². The number of carbonyl (C=O) groups is 3. The van der Waals surface area contributed by atoms with Crippen molar-refractivity contribution >= 4 is 39.0 Å². The molecule has 3 aliphatic rings. The molecule has 1 spiro atoms. The number of allylic oxidation sites excluding steroid dienone is 1. The van der Waals surface area contributed by atoms with Gasteiger partial charge in [0.05, 0.1) is 23.5 Å². The van der Waals surface area contributed by atoms with Crippen LogP contribution >= 0.6 is 0 Å². The number of amides is 2. The molecule has 2 aliphatic heterocycles. The molecule has 4 rings (SSSR count). The van der Waals surface area contributed by atoms with Crippen molar-refractivity contribution in [2.24, 2.45) is 5.92 Å². The van der Waals surface area contributed by atoms with Gasteiger partial charge in [0.25, 0.3) is 11.8 Å². The van der Waals surface area contributed by atoms with Crippen molar-refractivity contribution in [3.63, 3.8) is 0 Å². The number of fused-ring (bicyclic) bond motifs is 1. The van der Waals surface area contributed by atoms with E-state index < -0.39 is 39.8 Å². The number of ether oxygens (including phenoxy) is 1. The first-order valence-electron chi connectivity index (χ1n) is 9.61. The van der Waals surface area contributed by atoms with Crippen LogP contribution in [0.5, 0.6) is 0 Å². The summed E-state index contributed by atoms with van der Waals surface area (Å²) in [6.45, 7) is -0.495. The van der Waals surface area contributed by atoms with Crippen LogP contribution in [0.2, 0.25) is 0 Å². The fourth-order valence-corrected chi connectivity index (χ4v) is 5.77. The van der Waals surface area contributed by atoms with E-state index in [9.17, 15) is 22.8 Å². The number of esters is 1. The molecule has 0 aromatic heterocycles. The van der Waals surface area contributed by atoms with Crippen LogP contribution in [-0.4, -0.2) is 44.1 Å². The number of hydrogen-bond donors (Lipinski definition) is 1. The van der Waals surface area contributed by atoms with Gasteiger partial charge in [-0.15, -0.1) is 0 Å². The fraction of sp³-hybridized carbons (Fsp3) is 0.450. The summed E-state index contributed by atoms with van der Waals surface area (Å²) in [5.74, 6) is -1.88. The number of para-hydroxylation sites is 2. The molecule has 1 aromatic carbocycles. The average Bonchev–Trinajstić information content (AvgIpc) is 3.28. The quantitative estimate of drug-likeness (QED) is 0.747. The minimum Gasteiger partial charge on any atom is -0.456 e. The normalized spacial score (nSPS) is 23.7. The summed E-state index contributed by atoms with van der Waals surface area (Å²) >= 11 is 0. The first-order valence-corrected chi connectivity index (χ1v) is 11.3. The van der Waals surface area contributed by atoms with Crippen LogP contribution in [0.15, 0.2) is 35.7 Å². The van der Waals surface area contributed by atoms with E-state index in [1.807, 2.05) is 0 Å². The van der Waals surface area contributed by atoms with Crippen LogP contribution in [0.4, 0.5) is 11.4 Å². The smallest absolute Gasteiger partial charge is 0.306 e. The third-order valence-electron chi connectivity index (χ3n) is 5.71. The van der Waals surface area contributed by atoms with Gasteiger partial charge in [-0.25, -0.2) is 8.42 Å². The second-order valence-electron chi connectivity index (χ2n) is 7.72. The van der Waals surface area contributed by atoms with Gasteiger partial charge < -0.3 is 10.1 Å². The minimum absolute atomic E-state index is 0.106. The Bertz CT molecular complexity index is 994. The average molecular weight is 418 g/mol. The second kappa shape index (κ2) is 7.29. The van der Waals surface area contributed by atoms with Gasteiger partial charge in [0.15, 0.2) is 16.4 Å². The minimum atomic E-state index is -3.25. The zero-order valence-corrected chi connectivity index (χ0v) is 16.6. The Balaban J connectivity index is 1.48. The van der Waals surface area contributed by atoms with Crippen molar-refractivity contribution < 1.29 is 27.5 Å². The van der Waals surface area contributed by atoms with Crippen LogP contribution in [0.25, 0.3) is 0 Å². The lowest BCUT2D eigenvalue weighted by Gasteiger charge is -2.44. The molecule has 8 nitrogen and oxygen atoms in total. The third-order valence-corrected chi connectivity index (χ3v) is 7.18. The van der Waals surface area contributed by atoms with Crippen LogP contribution in [0, 0.1) is 5.92 Å². The highest BCUT2D eigenvalue weighted by atomic mass is 32.2. The Hall–Kier alpha value is -2.68. The molecule has 1 N–H and O–H groups in total. The summed E-state index contributed by atoms with van der Waals surface area (Å²) in [5.41, 5.74) is 0.191. The molecule has 154 valence electrons. The van der Waals surface area contributed by atoms with Gasteiger partial charge in [-0.3, -0.25) is 19.3 Å². The molecule has 9 heteroatoms. The number of anilines is 2. The van der Waals surface area contributed by atoms with Crippen molar-refractivity contribution in [3.05, 3.63) is 35.7 Å². The first-order chi connectivity index (χ1) is 13.8. The molecule has 1 aromatic rings. The molecule has 1 aliphatic carbocycles. The Kier molecular flexibility index (Phi) is 4.94. The predicted molar refractivity (Wildman–Crippen MR) is 106 cm³/mol. The van der Waals surface area contributed by atoms with Crippen molar-refractivity contribution in [3.8, 4) is 0 Å². The maximum Gasteiger partial charge on any atom is 0.306 e. The summed E-state index contributed by atoms with van der Waals surface area (Å²) in [6, 6.07) is 7.06. The number of carbonyl (C=O) groups excluding carboxylic acids is 3. The summed E-state index contributed by atoms with van der Waals surface area (Å²) in [7, 11) is -3.25. The second-order valence-corrected chi connectivity index (χ2v) is 9.65. The molecule has 1 atom stereocenters. The first kappa shape index (κ1) is 19.6.